The van der Waals surface area contributed by atoms with Gasteiger partial charge in [0.15, 0.2) is 0 Å². The Morgan fingerprint density at radius 3 is 2.47 bits per heavy atom. The Morgan fingerprint density at radius 2 is 1.93 bits per heavy atom. The van der Waals surface area contributed by atoms with Crippen molar-refractivity contribution in [2.24, 2.45) is 10.2 Å². The maximum atomic E-state index is 11.0. The zero-order chi connectivity index (χ0) is 11.3. The van der Waals surface area contributed by atoms with Crippen LogP contribution in [-0.2, 0) is 4.74 Å². The summed E-state index contributed by atoms with van der Waals surface area (Å²) in [6, 6.07) is 5.78. The molecule has 4 nitrogen and oxygen atoms in total. The number of ether oxygens (including phenoxy) is 1. The third kappa shape index (κ3) is 3.16. The summed E-state index contributed by atoms with van der Waals surface area (Å²) in [6.45, 7) is 5.88. The molecule has 0 fully saturated rings. The number of hydrogen-bond acceptors (Lipinski definition) is 3. The summed E-state index contributed by atoms with van der Waals surface area (Å²) < 4.78 is 4.64. The summed E-state index contributed by atoms with van der Waals surface area (Å²) in [5, 5.41) is 7.34. The van der Waals surface area contributed by atoms with Gasteiger partial charge in [0.2, 0.25) is 0 Å². The highest BCUT2D eigenvalue weighted by Crippen LogP contribution is 2.23. The molecule has 0 aliphatic rings. The van der Waals surface area contributed by atoms with Gasteiger partial charge in [-0.2, -0.15) is 0 Å². The largest absolute Gasteiger partial charge is 0.452 e. The van der Waals surface area contributed by atoms with Crippen LogP contribution in [0, 0.1) is 13.8 Å². The van der Waals surface area contributed by atoms with Crippen molar-refractivity contribution in [1.29, 1.82) is 0 Å². The first-order valence-corrected chi connectivity index (χ1v) is 4.80. The molecule has 0 heterocycles. The van der Waals surface area contributed by atoms with E-state index < -0.39 is 6.09 Å². The lowest BCUT2D eigenvalue weighted by Gasteiger charge is -2.01. The van der Waals surface area contributed by atoms with Crippen LogP contribution in [0.4, 0.5) is 10.5 Å². The van der Waals surface area contributed by atoms with Crippen LogP contribution in [0.2, 0.25) is 0 Å². The fourth-order valence-corrected chi connectivity index (χ4v) is 1.21. The van der Waals surface area contributed by atoms with Gasteiger partial charge in [-0.3, -0.25) is 0 Å². The van der Waals surface area contributed by atoms with Crippen LogP contribution >= 0.6 is 0 Å². The standard InChI is InChI=1S/C11H14N2O2/c1-4-15-11(14)13-12-10-8(2)6-5-7-9(10)3/h5-7H,4H2,1-3H3. The molecule has 0 unspecified atom stereocenters. The molecular weight excluding hydrogens is 192 g/mol. The van der Waals surface area contributed by atoms with Gasteiger partial charge in [0.25, 0.3) is 0 Å². The molecule has 80 valence electrons. The van der Waals surface area contributed by atoms with Crippen molar-refractivity contribution in [3.63, 3.8) is 0 Å². The quantitative estimate of drug-likeness (QED) is 0.695. The molecule has 0 saturated heterocycles. The van der Waals surface area contributed by atoms with Crippen molar-refractivity contribution in [3.05, 3.63) is 29.3 Å². The zero-order valence-electron chi connectivity index (χ0n) is 9.15. The van der Waals surface area contributed by atoms with Gasteiger partial charge in [0.1, 0.15) is 0 Å². The Morgan fingerprint density at radius 1 is 1.33 bits per heavy atom. The summed E-state index contributed by atoms with van der Waals surface area (Å²) in [4.78, 5) is 11.0. The SMILES string of the molecule is CCOC(=O)N=Nc1c(C)cccc1C. The Kier molecular flexibility index (Phi) is 3.97. The summed E-state index contributed by atoms with van der Waals surface area (Å²) in [6.07, 6.45) is -0.653. The number of azo groups is 1. The second-order valence-electron chi connectivity index (χ2n) is 3.14. The molecule has 15 heavy (non-hydrogen) atoms. The predicted octanol–water partition coefficient (Wildman–Crippen LogP) is 3.54. The maximum Gasteiger partial charge on any atom is 0.452 e. The van der Waals surface area contributed by atoms with Gasteiger partial charge in [-0.15, -0.1) is 5.11 Å². The second kappa shape index (κ2) is 5.24. The highest BCUT2D eigenvalue weighted by atomic mass is 16.5. The smallest absolute Gasteiger partial charge is 0.447 e. The van der Waals surface area contributed by atoms with Gasteiger partial charge in [0, 0.05) is 0 Å². The van der Waals surface area contributed by atoms with Crippen molar-refractivity contribution in [3.8, 4) is 0 Å². The maximum absolute atomic E-state index is 11.0. The topological polar surface area (TPSA) is 51.0 Å². The number of carbonyl (C=O) groups excluding carboxylic acids is 1. The molecule has 0 atom stereocenters. The molecule has 0 aliphatic heterocycles. The first kappa shape index (κ1) is 11.4. The first-order valence-electron chi connectivity index (χ1n) is 4.80. The summed E-state index contributed by atoms with van der Waals surface area (Å²) >= 11 is 0. The third-order valence-corrected chi connectivity index (χ3v) is 1.94. The van der Waals surface area contributed by atoms with Crippen molar-refractivity contribution in [1.82, 2.24) is 0 Å². The molecule has 0 N–H and O–H groups in total. The molecular formula is C11H14N2O2. The predicted molar refractivity (Wildman–Crippen MR) is 57.5 cm³/mol. The molecule has 0 saturated carbocycles. The normalized spacial score (nSPS) is 10.6. The molecule has 0 aliphatic carbocycles. The lowest BCUT2D eigenvalue weighted by molar-refractivity contribution is 0.162. The zero-order valence-corrected chi connectivity index (χ0v) is 9.15. The number of amides is 1. The summed E-state index contributed by atoms with van der Waals surface area (Å²) in [5.41, 5.74) is 2.71. The van der Waals surface area contributed by atoms with Gasteiger partial charge in [-0.05, 0) is 31.9 Å². The minimum atomic E-state index is -0.653. The van der Waals surface area contributed by atoms with Crippen molar-refractivity contribution in [2.45, 2.75) is 20.8 Å². The fourth-order valence-electron chi connectivity index (χ4n) is 1.21. The molecule has 1 amide bonds. The van der Waals surface area contributed by atoms with Gasteiger partial charge in [0.05, 0.1) is 12.3 Å². The number of rotatable bonds is 2. The van der Waals surface area contributed by atoms with Crippen LogP contribution in [0.1, 0.15) is 18.1 Å². The van der Waals surface area contributed by atoms with E-state index in [1.807, 2.05) is 32.0 Å². The van der Waals surface area contributed by atoms with Gasteiger partial charge in [-0.25, -0.2) is 4.79 Å². The van der Waals surface area contributed by atoms with E-state index in [-0.39, 0.29) is 0 Å². The lowest BCUT2D eigenvalue weighted by atomic mass is 10.1. The fraction of sp³-hybridized carbons (Fsp3) is 0.364. The number of benzene rings is 1. The number of carbonyl (C=O) groups is 1. The highest BCUT2D eigenvalue weighted by Gasteiger charge is 2.02. The highest BCUT2D eigenvalue weighted by molar-refractivity contribution is 5.68. The number of hydrogen-bond donors (Lipinski definition) is 0. The average Bonchev–Trinajstić information content (AvgIpc) is 2.17. The molecule has 0 aromatic heterocycles. The van der Waals surface area contributed by atoms with Gasteiger partial charge < -0.3 is 4.74 Å². The van der Waals surface area contributed by atoms with Crippen LogP contribution in [0.5, 0.6) is 0 Å². The van der Waals surface area contributed by atoms with E-state index in [1.165, 1.54) is 0 Å². The minimum Gasteiger partial charge on any atom is -0.447 e. The summed E-state index contributed by atoms with van der Waals surface area (Å²) in [7, 11) is 0. The first-order chi connectivity index (χ1) is 7.15. The molecule has 0 radical (unpaired) electrons. The Balaban J connectivity index is 2.84. The molecule has 4 heteroatoms. The average molecular weight is 206 g/mol. The molecule has 1 aromatic rings. The lowest BCUT2D eigenvalue weighted by Crippen LogP contribution is -1.95. The van der Waals surface area contributed by atoms with Crippen LogP contribution in [-0.4, -0.2) is 12.7 Å². The Hall–Kier alpha value is -1.71. The molecule has 0 spiro atoms. The van der Waals surface area contributed by atoms with Crippen molar-refractivity contribution >= 4 is 11.8 Å². The summed E-state index contributed by atoms with van der Waals surface area (Å²) in [5.74, 6) is 0. The number of aryl methyl sites for hydroxylation is 2. The van der Waals surface area contributed by atoms with E-state index in [1.54, 1.807) is 6.92 Å². The van der Waals surface area contributed by atoms with E-state index in [9.17, 15) is 4.79 Å². The van der Waals surface area contributed by atoms with Crippen LogP contribution in [0.15, 0.2) is 28.4 Å². The Bertz CT molecular complexity index is 366. The van der Waals surface area contributed by atoms with Crippen LogP contribution < -0.4 is 0 Å². The molecule has 1 aromatic carbocycles. The van der Waals surface area contributed by atoms with Gasteiger partial charge >= 0.3 is 6.09 Å². The van der Waals surface area contributed by atoms with E-state index in [4.69, 9.17) is 0 Å². The van der Waals surface area contributed by atoms with E-state index in [0.717, 1.165) is 16.8 Å². The van der Waals surface area contributed by atoms with Crippen LogP contribution in [0.3, 0.4) is 0 Å². The van der Waals surface area contributed by atoms with E-state index >= 15 is 0 Å². The van der Waals surface area contributed by atoms with E-state index in [2.05, 4.69) is 15.0 Å². The van der Waals surface area contributed by atoms with Crippen LogP contribution in [0.25, 0.3) is 0 Å². The third-order valence-electron chi connectivity index (χ3n) is 1.94. The second-order valence-corrected chi connectivity index (χ2v) is 3.14. The Labute approximate surface area is 89.0 Å². The van der Waals surface area contributed by atoms with Crippen molar-refractivity contribution < 1.29 is 9.53 Å². The molecule has 1 rings (SSSR count). The van der Waals surface area contributed by atoms with E-state index in [0.29, 0.717) is 6.61 Å². The molecule has 0 bridgehead atoms. The minimum absolute atomic E-state index is 0.310. The van der Waals surface area contributed by atoms with Crippen molar-refractivity contribution in [2.75, 3.05) is 6.61 Å². The van der Waals surface area contributed by atoms with Gasteiger partial charge in [-0.1, -0.05) is 23.3 Å². The number of nitrogens with zero attached hydrogens (tertiary/aromatic N) is 2. The monoisotopic (exact) mass is 206 g/mol.